The van der Waals surface area contributed by atoms with Gasteiger partial charge in [-0.15, -0.1) is 10.2 Å². The monoisotopic (exact) mass is 344 g/mol. The van der Waals surface area contributed by atoms with Gasteiger partial charge in [0.1, 0.15) is 12.4 Å². The minimum absolute atomic E-state index is 0.277. The smallest absolute Gasteiger partial charge is 0.192 e. The van der Waals surface area contributed by atoms with Crippen molar-refractivity contribution in [1.29, 1.82) is 0 Å². The number of rotatable bonds is 4. The van der Waals surface area contributed by atoms with Crippen LogP contribution in [0.1, 0.15) is 23.4 Å². The molecule has 1 aliphatic rings. The fourth-order valence-corrected chi connectivity index (χ4v) is 3.30. The molecule has 0 radical (unpaired) electrons. The summed E-state index contributed by atoms with van der Waals surface area (Å²) in [5, 5.41) is 13.3. The molecule has 0 amide bonds. The van der Waals surface area contributed by atoms with Gasteiger partial charge in [-0.25, -0.2) is 0 Å². The Morgan fingerprint density at radius 3 is 2.88 bits per heavy atom. The van der Waals surface area contributed by atoms with E-state index in [1.165, 1.54) is 0 Å². The molecule has 7 nitrogen and oxygen atoms in total. The first-order valence-corrected chi connectivity index (χ1v) is 8.52. The summed E-state index contributed by atoms with van der Waals surface area (Å²) in [5.41, 5.74) is 0.883. The van der Waals surface area contributed by atoms with Crippen LogP contribution in [-0.2, 0) is 12.8 Å². The van der Waals surface area contributed by atoms with Gasteiger partial charge in [-0.2, -0.15) is 0 Å². The van der Waals surface area contributed by atoms with Crippen molar-refractivity contribution in [2.24, 2.45) is 7.05 Å². The number of thioether (sulfide) groups is 1. The molecule has 0 saturated carbocycles. The molecule has 1 atom stereocenters. The number of fused-ring (bicyclic) bond motifs is 1. The van der Waals surface area contributed by atoms with Crippen LogP contribution < -0.4 is 9.47 Å². The summed E-state index contributed by atoms with van der Waals surface area (Å²) >= 11 is 1.55. The van der Waals surface area contributed by atoms with Crippen LogP contribution in [0.2, 0.25) is 0 Å². The molecule has 3 heterocycles. The van der Waals surface area contributed by atoms with E-state index < -0.39 is 0 Å². The standard InChI is InChI=1S/C16H16N4O3S/c1-10-7-11(19-23-10)9-24-16-18-17-15(20(16)2)14-8-21-12-5-3-4-6-13(12)22-14/h3-7,14H,8-9H2,1-2H3. The highest BCUT2D eigenvalue weighted by Crippen LogP contribution is 2.35. The van der Waals surface area contributed by atoms with Gasteiger partial charge in [-0.3, -0.25) is 0 Å². The molecule has 2 aromatic heterocycles. The summed E-state index contributed by atoms with van der Waals surface area (Å²) in [7, 11) is 1.93. The maximum atomic E-state index is 5.99. The Morgan fingerprint density at radius 2 is 2.08 bits per heavy atom. The van der Waals surface area contributed by atoms with Crippen molar-refractivity contribution in [2.75, 3.05) is 6.61 Å². The Morgan fingerprint density at radius 1 is 1.25 bits per heavy atom. The van der Waals surface area contributed by atoms with E-state index in [-0.39, 0.29) is 6.10 Å². The van der Waals surface area contributed by atoms with E-state index in [9.17, 15) is 0 Å². The van der Waals surface area contributed by atoms with E-state index in [0.717, 1.165) is 33.9 Å². The molecular formula is C16H16N4O3S. The summed E-state index contributed by atoms with van der Waals surface area (Å²) in [6.07, 6.45) is -0.277. The molecule has 1 aromatic carbocycles. The normalized spacial score (nSPS) is 16.3. The summed E-state index contributed by atoms with van der Waals surface area (Å²) in [5.74, 6) is 3.70. The van der Waals surface area contributed by atoms with E-state index in [1.807, 2.05) is 48.9 Å². The number of aryl methyl sites for hydroxylation is 1. The Kier molecular flexibility index (Phi) is 3.89. The molecule has 1 unspecified atom stereocenters. The van der Waals surface area contributed by atoms with E-state index in [1.54, 1.807) is 11.8 Å². The van der Waals surface area contributed by atoms with Crippen molar-refractivity contribution in [3.05, 3.63) is 47.6 Å². The van der Waals surface area contributed by atoms with Crippen LogP contribution in [-0.4, -0.2) is 26.5 Å². The summed E-state index contributed by atoms with van der Waals surface area (Å²) < 4.78 is 18.7. The highest BCUT2D eigenvalue weighted by Gasteiger charge is 2.27. The average molecular weight is 344 g/mol. The minimum Gasteiger partial charge on any atom is -0.485 e. The predicted octanol–water partition coefficient (Wildman–Crippen LogP) is 2.92. The molecule has 8 heteroatoms. The second-order valence-electron chi connectivity index (χ2n) is 5.48. The SMILES string of the molecule is Cc1cc(CSc2nnc(C3COc4ccccc4O3)n2C)no1. The van der Waals surface area contributed by atoms with Crippen molar-refractivity contribution >= 4 is 11.8 Å². The zero-order chi connectivity index (χ0) is 16.5. The molecule has 1 aliphatic heterocycles. The van der Waals surface area contributed by atoms with Crippen molar-refractivity contribution in [3.63, 3.8) is 0 Å². The molecule has 3 aromatic rings. The number of hydrogen-bond acceptors (Lipinski definition) is 7. The number of ether oxygens (including phenoxy) is 2. The molecule has 124 valence electrons. The maximum Gasteiger partial charge on any atom is 0.192 e. The lowest BCUT2D eigenvalue weighted by Gasteiger charge is -2.25. The van der Waals surface area contributed by atoms with E-state index in [0.29, 0.717) is 12.4 Å². The molecule has 0 bridgehead atoms. The summed E-state index contributed by atoms with van der Waals surface area (Å²) in [6, 6.07) is 9.54. The average Bonchev–Trinajstić information content (AvgIpc) is 3.18. The highest BCUT2D eigenvalue weighted by molar-refractivity contribution is 7.98. The third-order valence-electron chi connectivity index (χ3n) is 3.69. The fraction of sp³-hybridized carbons (Fsp3) is 0.312. The van der Waals surface area contributed by atoms with E-state index >= 15 is 0 Å². The van der Waals surface area contributed by atoms with Crippen LogP contribution in [0, 0.1) is 6.92 Å². The third kappa shape index (κ3) is 2.84. The van der Waals surface area contributed by atoms with Crippen molar-refractivity contribution in [1.82, 2.24) is 19.9 Å². The third-order valence-corrected chi connectivity index (χ3v) is 4.74. The number of benzene rings is 1. The Balaban J connectivity index is 1.48. The Bertz CT molecular complexity index is 861. The van der Waals surface area contributed by atoms with Gasteiger partial charge in [0.15, 0.2) is 28.6 Å². The molecule has 0 fully saturated rings. The van der Waals surface area contributed by atoms with Gasteiger partial charge in [0.05, 0.1) is 5.69 Å². The predicted molar refractivity (Wildman–Crippen MR) is 87.1 cm³/mol. The first-order chi connectivity index (χ1) is 11.7. The number of para-hydroxylation sites is 2. The lowest BCUT2D eigenvalue weighted by atomic mass is 10.2. The van der Waals surface area contributed by atoms with Crippen LogP contribution in [0.25, 0.3) is 0 Å². The van der Waals surface area contributed by atoms with Gasteiger partial charge in [-0.1, -0.05) is 29.1 Å². The first kappa shape index (κ1) is 15.1. The van der Waals surface area contributed by atoms with Crippen LogP contribution in [0.4, 0.5) is 0 Å². The second-order valence-corrected chi connectivity index (χ2v) is 6.42. The quantitative estimate of drug-likeness (QED) is 0.674. The van der Waals surface area contributed by atoms with Gasteiger partial charge < -0.3 is 18.6 Å². The topological polar surface area (TPSA) is 75.2 Å². The van der Waals surface area contributed by atoms with Crippen molar-refractivity contribution in [2.45, 2.75) is 23.9 Å². The Labute approximate surface area is 143 Å². The van der Waals surface area contributed by atoms with Crippen LogP contribution in [0.5, 0.6) is 11.5 Å². The van der Waals surface area contributed by atoms with E-state index in [2.05, 4.69) is 15.4 Å². The molecular weight excluding hydrogens is 328 g/mol. The van der Waals surface area contributed by atoms with Crippen molar-refractivity contribution < 1.29 is 14.0 Å². The van der Waals surface area contributed by atoms with Crippen molar-refractivity contribution in [3.8, 4) is 11.5 Å². The number of hydrogen-bond donors (Lipinski definition) is 0. The van der Waals surface area contributed by atoms with Gasteiger partial charge in [-0.05, 0) is 19.1 Å². The second kappa shape index (κ2) is 6.20. The number of nitrogens with zero attached hydrogens (tertiary/aromatic N) is 4. The lowest BCUT2D eigenvalue weighted by Crippen LogP contribution is -2.24. The van der Waals surface area contributed by atoms with Crippen LogP contribution >= 0.6 is 11.8 Å². The summed E-state index contributed by atoms with van der Waals surface area (Å²) in [6.45, 7) is 2.29. The zero-order valence-corrected chi connectivity index (χ0v) is 14.1. The molecule has 0 N–H and O–H groups in total. The van der Waals surface area contributed by atoms with Gasteiger partial charge in [0.2, 0.25) is 0 Å². The molecule has 4 rings (SSSR count). The zero-order valence-electron chi connectivity index (χ0n) is 13.3. The molecule has 0 aliphatic carbocycles. The Hall–Kier alpha value is -2.48. The van der Waals surface area contributed by atoms with Gasteiger partial charge in [0, 0.05) is 18.9 Å². The lowest BCUT2D eigenvalue weighted by molar-refractivity contribution is 0.0825. The molecule has 24 heavy (non-hydrogen) atoms. The minimum atomic E-state index is -0.277. The van der Waals surface area contributed by atoms with Gasteiger partial charge >= 0.3 is 0 Å². The molecule has 0 saturated heterocycles. The van der Waals surface area contributed by atoms with Gasteiger partial charge in [0.25, 0.3) is 0 Å². The van der Waals surface area contributed by atoms with Crippen LogP contribution in [0.15, 0.2) is 40.0 Å². The highest BCUT2D eigenvalue weighted by atomic mass is 32.2. The number of aromatic nitrogens is 4. The van der Waals surface area contributed by atoms with Crippen LogP contribution in [0.3, 0.4) is 0 Å². The maximum absolute atomic E-state index is 5.99. The summed E-state index contributed by atoms with van der Waals surface area (Å²) in [4.78, 5) is 0. The molecule has 0 spiro atoms. The first-order valence-electron chi connectivity index (χ1n) is 7.53. The largest absolute Gasteiger partial charge is 0.485 e. The van der Waals surface area contributed by atoms with E-state index in [4.69, 9.17) is 14.0 Å². The fourth-order valence-electron chi connectivity index (χ4n) is 2.50.